The van der Waals surface area contributed by atoms with Crippen LogP contribution in [0.4, 0.5) is 17.1 Å². The number of hydrogen-bond acceptors (Lipinski definition) is 5. The van der Waals surface area contributed by atoms with Crippen molar-refractivity contribution in [3.05, 3.63) is 52.0 Å². The molecule has 0 spiro atoms. The second-order valence-corrected chi connectivity index (χ2v) is 8.36. The van der Waals surface area contributed by atoms with Crippen molar-refractivity contribution in [3.8, 4) is 0 Å². The van der Waals surface area contributed by atoms with E-state index in [9.17, 15) is 9.59 Å². The average Bonchev–Trinajstić information content (AvgIpc) is 2.71. The summed E-state index contributed by atoms with van der Waals surface area (Å²) < 4.78 is 6.20. The summed E-state index contributed by atoms with van der Waals surface area (Å²) in [5, 5.41) is 6.05. The highest BCUT2D eigenvalue weighted by Gasteiger charge is 2.14. The topological polar surface area (TPSA) is 73.9 Å². The maximum Gasteiger partial charge on any atom is 0.238 e. The van der Waals surface area contributed by atoms with E-state index in [1.165, 1.54) is 0 Å². The Kier molecular flexibility index (Phi) is 8.09. The maximum absolute atomic E-state index is 12.3. The highest BCUT2D eigenvalue weighted by molar-refractivity contribution is 9.10. The Morgan fingerprint density at radius 1 is 1.07 bits per heavy atom. The SMILES string of the molecule is CN(CC(=O)Nc1ccc(N2CCOCC2)cc1)CC(=O)Nc1ccc(Br)cc1Cl. The zero-order chi connectivity index (χ0) is 21.5. The molecule has 0 aromatic heterocycles. The van der Waals surface area contributed by atoms with Crippen LogP contribution in [-0.2, 0) is 14.3 Å². The van der Waals surface area contributed by atoms with Gasteiger partial charge in [-0.15, -0.1) is 0 Å². The third-order valence-electron chi connectivity index (χ3n) is 4.56. The van der Waals surface area contributed by atoms with Gasteiger partial charge in [-0.05, 0) is 49.5 Å². The third-order valence-corrected chi connectivity index (χ3v) is 5.37. The highest BCUT2D eigenvalue weighted by Crippen LogP contribution is 2.25. The number of amides is 2. The minimum absolute atomic E-state index is 0.0653. The lowest BCUT2D eigenvalue weighted by Crippen LogP contribution is -2.36. The number of ether oxygens (including phenoxy) is 1. The van der Waals surface area contributed by atoms with Crippen LogP contribution in [0.5, 0.6) is 0 Å². The first-order chi connectivity index (χ1) is 14.4. The van der Waals surface area contributed by atoms with Crippen LogP contribution in [0.25, 0.3) is 0 Å². The number of nitrogens with one attached hydrogen (secondary N) is 2. The lowest BCUT2D eigenvalue weighted by molar-refractivity contribution is -0.119. The summed E-state index contributed by atoms with van der Waals surface area (Å²) in [5.74, 6) is -0.435. The molecule has 1 aliphatic heterocycles. The predicted molar refractivity (Wildman–Crippen MR) is 123 cm³/mol. The molecule has 0 atom stereocenters. The maximum atomic E-state index is 12.3. The lowest BCUT2D eigenvalue weighted by atomic mass is 10.2. The third kappa shape index (κ3) is 6.70. The number of nitrogens with zero attached hydrogens (tertiary/aromatic N) is 2. The molecule has 1 aliphatic rings. The largest absolute Gasteiger partial charge is 0.378 e. The zero-order valence-corrected chi connectivity index (χ0v) is 19.0. The number of rotatable bonds is 7. The summed E-state index contributed by atoms with van der Waals surface area (Å²) in [7, 11) is 1.71. The van der Waals surface area contributed by atoms with Crippen LogP contribution in [0.1, 0.15) is 0 Å². The molecule has 0 radical (unpaired) electrons. The first-order valence-electron chi connectivity index (χ1n) is 9.57. The summed E-state index contributed by atoms with van der Waals surface area (Å²) >= 11 is 9.44. The van der Waals surface area contributed by atoms with Gasteiger partial charge in [-0.2, -0.15) is 0 Å². The van der Waals surface area contributed by atoms with E-state index in [0.29, 0.717) is 10.7 Å². The van der Waals surface area contributed by atoms with Crippen LogP contribution in [-0.4, -0.2) is 63.2 Å². The lowest BCUT2D eigenvalue weighted by Gasteiger charge is -2.28. The van der Waals surface area contributed by atoms with E-state index in [0.717, 1.165) is 42.2 Å². The molecule has 0 saturated carbocycles. The molecule has 3 rings (SSSR count). The fourth-order valence-corrected chi connectivity index (χ4v) is 3.83. The van der Waals surface area contributed by atoms with Crippen LogP contribution >= 0.6 is 27.5 Å². The van der Waals surface area contributed by atoms with Gasteiger partial charge in [-0.1, -0.05) is 27.5 Å². The predicted octanol–water partition coefficient (Wildman–Crippen LogP) is 3.45. The minimum Gasteiger partial charge on any atom is -0.378 e. The molecule has 2 aromatic carbocycles. The monoisotopic (exact) mass is 494 g/mol. The molecule has 2 N–H and O–H groups in total. The van der Waals surface area contributed by atoms with E-state index in [1.807, 2.05) is 24.3 Å². The van der Waals surface area contributed by atoms with Crippen LogP contribution in [0.2, 0.25) is 5.02 Å². The molecule has 30 heavy (non-hydrogen) atoms. The van der Waals surface area contributed by atoms with E-state index in [-0.39, 0.29) is 24.9 Å². The van der Waals surface area contributed by atoms with E-state index >= 15 is 0 Å². The molecule has 1 heterocycles. The number of carbonyl (C=O) groups excluding carboxylic acids is 2. The Hall–Kier alpha value is -2.13. The number of carbonyl (C=O) groups is 2. The molecule has 160 valence electrons. The summed E-state index contributed by atoms with van der Waals surface area (Å²) in [6, 6.07) is 13.0. The zero-order valence-electron chi connectivity index (χ0n) is 16.7. The van der Waals surface area contributed by atoms with Crippen molar-refractivity contribution in [2.24, 2.45) is 0 Å². The van der Waals surface area contributed by atoms with E-state index in [2.05, 4.69) is 31.5 Å². The number of hydrogen-bond donors (Lipinski definition) is 2. The minimum atomic E-state index is -0.246. The molecular formula is C21H24BrClN4O3. The van der Waals surface area contributed by atoms with Crippen LogP contribution < -0.4 is 15.5 Å². The van der Waals surface area contributed by atoms with Gasteiger partial charge in [0, 0.05) is 28.9 Å². The molecule has 0 bridgehead atoms. The molecule has 2 aromatic rings. The molecule has 1 fully saturated rings. The average molecular weight is 496 g/mol. The smallest absolute Gasteiger partial charge is 0.238 e. The highest BCUT2D eigenvalue weighted by atomic mass is 79.9. The van der Waals surface area contributed by atoms with Crippen LogP contribution in [0.15, 0.2) is 46.9 Å². The molecule has 0 unspecified atom stereocenters. The van der Waals surface area contributed by atoms with Crippen molar-refractivity contribution in [1.29, 1.82) is 0 Å². The van der Waals surface area contributed by atoms with Gasteiger partial charge in [0.05, 0.1) is 37.0 Å². The molecule has 1 saturated heterocycles. The van der Waals surface area contributed by atoms with Gasteiger partial charge in [0.15, 0.2) is 0 Å². The first kappa shape index (κ1) is 22.6. The fraction of sp³-hybridized carbons (Fsp3) is 0.333. The Bertz CT molecular complexity index is 888. The Labute approximate surface area is 189 Å². The van der Waals surface area contributed by atoms with Gasteiger partial charge in [-0.3, -0.25) is 14.5 Å². The van der Waals surface area contributed by atoms with Crippen molar-refractivity contribution < 1.29 is 14.3 Å². The molecule has 9 heteroatoms. The van der Waals surface area contributed by atoms with Gasteiger partial charge >= 0.3 is 0 Å². The van der Waals surface area contributed by atoms with Crippen molar-refractivity contribution in [2.45, 2.75) is 0 Å². The second-order valence-electron chi connectivity index (χ2n) is 7.04. The Morgan fingerprint density at radius 2 is 1.70 bits per heavy atom. The van der Waals surface area contributed by atoms with E-state index in [1.54, 1.807) is 30.1 Å². The van der Waals surface area contributed by atoms with Gasteiger partial charge in [-0.25, -0.2) is 0 Å². The quantitative estimate of drug-likeness (QED) is 0.615. The normalized spacial score (nSPS) is 13.9. The van der Waals surface area contributed by atoms with Gasteiger partial charge in [0.2, 0.25) is 11.8 Å². The molecule has 0 aliphatic carbocycles. The number of morpholine rings is 1. The fourth-order valence-electron chi connectivity index (χ4n) is 3.10. The summed E-state index contributed by atoms with van der Waals surface area (Å²) in [6.45, 7) is 3.34. The van der Waals surface area contributed by atoms with Crippen molar-refractivity contribution >= 4 is 56.4 Å². The molecular weight excluding hydrogens is 472 g/mol. The Morgan fingerprint density at radius 3 is 2.33 bits per heavy atom. The standard InChI is InChI=1S/C21H24BrClN4O3/c1-26(14-21(29)25-19-7-2-15(22)12-18(19)23)13-20(28)24-16-3-5-17(6-4-16)27-8-10-30-11-9-27/h2-7,12H,8-11,13-14H2,1H3,(H,24,28)(H,25,29). The van der Waals surface area contributed by atoms with Crippen molar-refractivity contribution in [1.82, 2.24) is 4.90 Å². The number of likely N-dealkylation sites (N-methyl/N-ethyl adjacent to an activating group) is 1. The van der Waals surface area contributed by atoms with Crippen LogP contribution in [0, 0.1) is 0 Å². The van der Waals surface area contributed by atoms with Crippen LogP contribution in [0.3, 0.4) is 0 Å². The number of benzene rings is 2. The number of halogens is 2. The van der Waals surface area contributed by atoms with Gasteiger partial charge < -0.3 is 20.3 Å². The van der Waals surface area contributed by atoms with E-state index < -0.39 is 0 Å². The summed E-state index contributed by atoms with van der Waals surface area (Å²) in [4.78, 5) is 28.4. The van der Waals surface area contributed by atoms with E-state index in [4.69, 9.17) is 16.3 Å². The van der Waals surface area contributed by atoms with Crippen molar-refractivity contribution in [3.63, 3.8) is 0 Å². The first-order valence-corrected chi connectivity index (χ1v) is 10.7. The van der Waals surface area contributed by atoms with Gasteiger partial charge in [0.25, 0.3) is 0 Å². The van der Waals surface area contributed by atoms with Gasteiger partial charge in [0.1, 0.15) is 0 Å². The molecule has 7 nitrogen and oxygen atoms in total. The summed E-state index contributed by atoms with van der Waals surface area (Å²) in [6.07, 6.45) is 0. The molecule has 2 amide bonds. The number of anilines is 3. The van der Waals surface area contributed by atoms with Crippen molar-refractivity contribution in [2.75, 3.05) is 62.0 Å². The second kappa shape index (κ2) is 10.8. The Balaban J connectivity index is 1.45. The summed E-state index contributed by atoms with van der Waals surface area (Å²) in [5.41, 5.74) is 2.36.